The van der Waals surface area contributed by atoms with E-state index in [0.717, 1.165) is 25.9 Å². The van der Waals surface area contributed by atoms with Gasteiger partial charge in [0, 0.05) is 25.8 Å². The second-order valence-corrected chi connectivity index (χ2v) is 6.30. The van der Waals surface area contributed by atoms with Crippen LogP contribution in [0.3, 0.4) is 0 Å². The maximum atomic E-state index is 12.5. The van der Waals surface area contributed by atoms with Gasteiger partial charge < -0.3 is 20.1 Å². The van der Waals surface area contributed by atoms with Gasteiger partial charge in [-0.1, -0.05) is 12.8 Å². The molecule has 0 radical (unpaired) electrons. The Kier molecular flexibility index (Phi) is 5.46. The van der Waals surface area contributed by atoms with Crippen LogP contribution < -0.4 is 10.2 Å². The van der Waals surface area contributed by atoms with Crippen molar-refractivity contribution in [1.29, 1.82) is 0 Å². The molecule has 1 aliphatic carbocycles. The van der Waals surface area contributed by atoms with Crippen molar-refractivity contribution in [3.63, 3.8) is 0 Å². The summed E-state index contributed by atoms with van der Waals surface area (Å²) in [7, 11) is 0. The van der Waals surface area contributed by atoms with Gasteiger partial charge in [-0.15, -0.1) is 0 Å². The number of anilines is 1. The molecular formula is C17H25N3O3. The number of aliphatic hydroxyl groups excluding tert-OH is 1. The van der Waals surface area contributed by atoms with Crippen LogP contribution in [0.2, 0.25) is 0 Å². The van der Waals surface area contributed by atoms with Crippen molar-refractivity contribution in [3.05, 3.63) is 23.9 Å². The molecule has 1 aromatic rings. The second-order valence-electron chi connectivity index (χ2n) is 6.30. The van der Waals surface area contributed by atoms with Crippen LogP contribution >= 0.6 is 0 Å². The quantitative estimate of drug-likeness (QED) is 0.853. The van der Waals surface area contributed by atoms with Gasteiger partial charge in [-0.2, -0.15) is 0 Å². The molecule has 126 valence electrons. The number of nitrogens with zero attached hydrogens (tertiary/aromatic N) is 2. The standard InChI is InChI=1S/C17H25N3O3/c21-15(13-4-1-2-5-13)12-19-17(22)14-6-3-7-18-16(14)20-8-10-23-11-9-20/h3,6-7,13,15,21H,1-2,4-5,8-12H2,(H,19,22)/t15-/m0/s1. The van der Waals surface area contributed by atoms with Gasteiger partial charge >= 0.3 is 0 Å². The highest BCUT2D eigenvalue weighted by atomic mass is 16.5. The summed E-state index contributed by atoms with van der Waals surface area (Å²) in [4.78, 5) is 19.0. The first-order valence-corrected chi connectivity index (χ1v) is 8.49. The minimum absolute atomic E-state index is 0.170. The van der Waals surface area contributed by atoms with Crippen LogP contribution in [0.15, 0.2) is 18.3 Å². The normalized spacial score (nSPS) is 20.5. The molecule has 1 atom stereocenters. The number of amides is 1. The molecule has 0 bridgehead atoms. The topological polar surface area (TPSA) is 74.7 Å². The van der Waals surface area contributed by atoms with Gasteiger partial charge in [0.15, 0.2) is 0 Å². The monoisotopic (exact) mass is 319 g/mol. The fourth-order valence-corrected chi connectivity index (χ4v) is 3.40. The molecule has 3 rings (SSSR count). The number of pyridine rings is 1. The van der Waals surface area contributed by atoms with Crippen LogP contribution in [0.4, 0.5) is 5.82 Å². The molecule has 0 spiro atoms. The summed E-state index contributed by atoms with van der Waals surface area (Å²) in [6, 6.07) is 3.56. The van der Waals surface area contributed by atoms with Crippen molar-refractivity contribution >= 4 is 11.7 Å². The first kappa shape index (κ1) is 16.2. The Hall–Kier alpha value is -1.66. The number of nitrogens with one attached hydrogen (secondary N) is 1. The van der Waals surface area contributed by atoms with Crippen LogP contribution in [0.1, 0.15) is 36.0 Å². The molecule has 2 heterocycles. The van der Waals surface area contributed by atoms with Crippen LogP contribution in [-0.2, 0) is 4.74 Å². The number of rotatable bonds is 5. The van der Waals surface area contributed by atoms with Crippen LogP contribution in [-0.4, -0.2) is 54.9 Å². The van der Waals surface area contributed by atoms with E-state index in [9.17, 15) is 9.90 Å². The van der Waals surface area contributed by atoms with E-state index in [2.05, 4.69) is 15.2 Å². The van der Waals surface area contributed by atoms with Crippen LogP contribution in [0.25, 0.3) is 0 Å². The Labute approximate surface area is 136 Å². The Morgan fingerprint density at radius 3 is 2.87 bits per heavy atom. The lowest BCUT2D eigenvalue weighted by Gasteiger charge is -2.29. The van der Waals surface area contributed by atoms with Crippen molar-refractivity contribution in [3.8, 4) is 0 Å². The molecule has 2 fully saturated rings. The fourth-order valence-electron chi connectivity index (χ4n) is 3.40. The summed E-state index contributed by atoms with van der Waals surface area (Å²) in [5, 5.41) is 13.1. The molecule has 1 amide bonds. The van der Waals surface area contributed by atoms with E-state index in [-0.39, 0.29) is 5.91 Å². The third-order valence-electron chi connectivity index (χ3n) is 4.76. The molecular weight excluding hydrogens is 294 g/mol. The molecule has 23 heavy (non-hydrogen) atoms. The predicted octanol–water partition coefficient (Wildman–Crippen LogP) is 1.20. The summed E-state index contributed by atoms with van der Waals surface area (Å²) in [5.41, 5.74) is 0.563. The third kappa shape index (κ3) is 4.00. The van der Waals surface area contributed by atoms with Crippen molar-refractivity contribution in [2.75, 3.05) is 37.7 Å². The van der Waals surface area contributed by atoms with E-state index in [0.29, 0.717) is 37.1 Å². The molecule has 1 aromatic heterocycles. The number of hydrogen-bond donors (Lipinski definition) is 2. The molecule has 0 unspecified atom stereocenters. The summed E-state index contributed by atoms with van der Waals surface area (Å²) in [5.74, 6) is 0.850. The first-order chi connectivity index (χ1) is 11.3. The van der Waals surface area contributed by atoms with Crippen molar-refractivity contribution in [2.24, 2.45) is 5.92 Å². The SMILES string of the molecule is O=C(NC[C@H](O)C1CCCC1)c1cccnc1N1CCOCC1. The van der Waals surface area contributed by atoms with E-state index in [1.165, 1.54) is 12.8 Å². The van der Waals surface area contributed by atoms with Crippen molar-refractivity contribution < 1.29 is 14.6 Å². The number of aliphatic hydroxyl groups is 1. The first-order valence-electron chi connectivity index (χ1n) is 8.49. The largest absolute Gasteiger partial charge is 0.391 e. The maximum absolute atomic E-state index is 12.5. The van der Waals surface area contributed by atoms with E-state index < -0.39 is 6.10 Å². The minimum Gasteiger partial charge on any atom is -0.391 e. The highest BCUT2D eigenvalue weighted by molar-refractivity contribution is 5.98. The smallest absolute Gasteiger partial charge is 0.255 e. The number of morpholine rings is 1. The molecule has 6 heteroatoms. The van der Waals surface area contributed by atoms with Gasteiger partial charge in [-0.25, -0.2) is 4.98 Å². The molecule has 6 nitrogen and oxygen atoms in total. The van der Waals surface area contributed by atoms with Crippen LogP contribution in [0.5, 0.6) is 0 Å². The summed E-state index contributed by atoms with van der Waals surface area (Å²) in [6.07, 6.45) is 5.73. The molecule has 1 saturated heterocycles. The number of carbonyl (C=O) groups excluding carboxylic acids is 1. The zero-order valence-corrected chi connectivity index (χ0v) is 13.4. The molecule has 2 N–H and O–H groups in total. The highest BCUT2D eigenvalue weighted by Crippen LogP contribution is 2.27. The number of aromatic nitrogens is 1. The average Bonchev–Trinajstić information content (AvgIpc) is 3.15. The van der Waals surface area contributed by atoms with E-state index in [1.54, 1.807) is 18.3 Å². The van der Waals surface area contributed by atoms with Gasteiger partial charge in [-0.3, -0.25) is 4.79 Å². The van der Waals surface area contributed by atoms with Crippen molar-refractivity contribution in [1.82, 2.24) is 10.3 Å². The van der Waals surface area contributed by atoms with Gasteiger partial charge in [0.25, 0.3) is 5.91 Å². The Morgan fingerprint density at radius 1 is 1.39 bits per heavy atom. The number of hydrogen-bond acceptors (Lipinski definition) is 5. The van der Waals surface area contributed by atoms with E-state index in [1.807, 2.05) is 0 Å². The summed E-state index contributed by atoms with van der Waals surface area (Å²) < 4.78 is 5.35. The Balaban J connectivity index is 1.62. The highest BCUT2D eigenvalue weighted by Gasteiger charge is 2.25. The van der Waals surface area contributed by atoms with Gasteiger partial charge in [0.2, 0.25) is 0 Å². The second kappa shape index (κ2) is 7.75. The average molecular weight is 319 g/mol. The number of ether oxygens (including phenoxy) is 1. The minimum atomic E-state index is -0.454. The van der Waals surface area contributed by atoms with Gasteiger partial charge in [-0.05, 0) is 30.9 Å². The lowest BCUT2D eigenvalue weighted by Crippen LogP contribution is -2.40. The molecule has 2 aliphatic rings. The lowest BCUT2D eigenvalue weighted by atomic mass is 10.0. The summed E-state index contributed by atoms with van der Waals surface area (Å²) in [6.45, 7) is 3.08. The predicted molar refractivity (Wildman–Crippen MR) is 87.6 cm³/mol. The van der Waals surface area contributed by atoms with Crippen LogP contribution in [0, 0.1) is 5.92 Å². The zero-order chi connectivity index (χ0) is 16.1. The Bertz CT molecular complexity index is 526. The molecule has 1 saturated carbocycles. The van der Waals surface area contributed by atoms with Crippen molar-refractivity contribution in [2.45, 2.75) is 31.8 Å². The zero-order valence-electron chi connectivity index (χ0n) is 13.4. The number of carbonyl (C=O) groups is 1. The van der Waals surface area contributed by atoms with Gasteiger partial charge in [0.05, 0.1) is 24.9 Å². The Morgan fingerprint density at radius 2 is 2.13 bits per heavy atom. The van der Waals surface area contributed by atoms with E-state index in [4.69, 9.17) is 4.74 Å². The fraction of sp³-hybridized carbons (Fsp3) is 0.647. The summed E-state index contributed by atoms with van der Waals surface area (Å²) >= 11 is 0. The third-order valence-corrected chi connectivity index (χ3v) is 4.76. The van der Waals surface area contributed by atoms with E-state index >= 15 is 0 Å². The van der Waals surface area contributed by atoms with Gasteiger partial charge in [0.1, 0.15) is 5.82 Å². The molecule has 0 aromatic carbocycles. The maximum Gasteiger partial charge on any atom is 0.255 e. The lowest BCUT2D eigenvalue weighted by molar-refractivity contribution is 0.0839. The molecule has 1 aliphatic heterocycles.